The van der Waals surface area contributed by atoms with Crippen LogP contribution in [-0.2, 0) is 17.8 Å². The molecule has 1 N–H and O–H groups in total. The lowest BCUT2D eigenvalue weighted by Crippen LogP contribution is -2.36. The Hall–Kier alpha value is -0.870. The topological polar surface area (TPSA) is 39.1 Å². The van der Waals surface area contributed by atoms with Gasteiger partial charge >= 0.3 is 0 Å². The van der Waals surface area contributed by atoms with Crippen molar-refractivity contribution in [2.24, 2.45) is 0 Å². The molecular formula is C11H19N3O. The summed E-state index contributed by atoms with van der Waals surface area (Å²) in [6.45, 7) is 5.72. The van der Waals surface area contributed by atoms with E-state index in [-0.39, 0.29) is 0 Å². The number of hydrogen-bond donors (Lipinski definition) is 1. The highest BCUT2D eigenvalue weighted by Gasteiger charge is 2.13. The molecule has 0 aliphatic carbocycles. The Morgan fingerprint density at radius 2 is 2.60 bits per heavy atom. The van der Waals surface area contributed by atoms with Crippen LogP contribution in [0, 0.1) is 0 Å². The fraction of sp³-hybridized carbons (Fsp3) is 0.727. The average molecular weight is 209 g/mol. The maximum absolute atomic E-state index is 5.42. The van der Waals surface area contributed by atoms with Gasteiger partial charge in [-0.25, -0.2) is 4.98 Å². The van der Waals surface area contributed by atoms with E-state index in [0.29, 0.717) is 6.04 Å². The molecule has 1 aliphatic rings. The summed E-state index contributed by atoms with van der Waals surface area (Å²) < 4.78 is 7.58. The van der Waals surface area contributed by atoms with Gasteiger partial charge in [0.25, 0.3) is 0 Å². The van der Waals surface area contributed by atoms with Crippen LogP contribution in [0.4, 0.5) is 0 Å². The van der Waals surface area contributed by atoms with E-state index in [0.717, 1.165) is 32.1 Å². The Morgan fingerprint density at radius 3 is 3.33 bits per heavy atom. The predicted octanol–water partition coefficient (Wildman–Crippen LogP) is 1.17. The monoisotopic (exact) mass is 209 g/mol. The minimum Gasteiger partial charge on any atom is -0.380 e. The van der Waals surface area contributed by atoms with Gasteiger partial charge in [0.15, 0.2) is 0 Å². The second-order valence-corrected chi connectivity index (χ2v) is 3.92. The number of ether oxygens (including phenoxy) is 1. The molecule has 1 fully saturated rings. The third kappa shape index (κ3) is 2.79. The molecule has 1 aromatic heterocycles. The number of nitrogens with zero attached hydrogens (tertiary/aromatic N) is 2. The molecule has 1 saturated heterocycles. The van der Waals surface area contributed by atoms with Crippen molar-refractivity contribution in [3.63, 3.8) is 0 Å². The van der Waals surface area contributed by atoms with Gasteiger partial charge in [0.2, 0.25) is 0 Å². The molecule has 2 heterocycles. The standard InChI is InChI=1S/C11H19N3O/c1-2-14-6-5-12-11(14)8-13-10-4-3-7-15-9-10/h5-6,10,13H,2-4,7-9H2,1H3. The van der Waals surface area contributed by atoms with Crippen molar-refractivity contribution in [3.05, 3.63) is 18.2 Å². The molecule has 1 atom stereocenters. The van der Waals surface area contributed by atoms with Crippen LogP contribution in [0.2, 0.25) is 0 Å². The van der Waals surface area contributed by atoms with Gasteiger partial charge in [0.1, 0.15) is 5.82 Å². The predicted molar refractivity (Wildman–Crippen MR) is 58.6 cm³/mol. The molecule has 15 heavy (non-hydrogen) atoms. The van der Waals surface area contributed by atoms with Crippen molar-refractivity contribution in [2.75, 3.05) is 13.2 Å². The molecule has 84 valence electrons. The van der Waals surface area contributed by atoms with Gasteiger partial charge in [-0.05, 0) is 19.8 Å². The summed E-state index contributed by atoms with van der Waals surface area (Å²) in [6, 6.07) is 0.501. The van der Waals surface area contributed by atoms with Gasteiger partial charge in [-0.1, -0.05) is 0 Å². The molecule has 0 saturated carbocycles. The first-order valence-electron chi connectivity index (χ1n) is 5.71. The molecule has 0 amide bonds. The number of aryl methyl sites for hydroxylation is 1. The lowest BCUT2D eigenvalue weighted by Gasteiger charge is -2.23. The van der Waals surface area contributed by atoms with Crippen molar-refractivity contribution in [2.45, 2.75) is 38.9 Å². The van der Waals surface area contributed by atoms with Crippen molar-refractivity contribution in [1.29, 1.82) is 0 Å². The summed E-state index contributed by atoms with van der Waals surface area (Å²) in [5.41, 5.74) is 0. The molecule has 1 aliphatic heterocycles. The van der Waals surface area contributed by atoms with Crippen molar-refractivity contribution in [3.8, 4) is 0 Å². The molecule has 1 unspecified atom stereocenters. The van der Waals surface area contributed by atoms with E-state index < -0.39 is 0 Å². The van der Waals surface area contributed by atoms with Gasteiger partial charge in [-0.3, -0.25) is 0 Å². The SMILES string of the molecule is CCn1ccnc1CNC1CCCOC1. The molecule has 0 spiro atoms. The minimum atomic E-state index is 0.501. The molecular weight excluding hydrogens is 190 g/mol. The van der Waals surface area contributed by atoms with Crippen LogP contribution in [0.5, 0.6) is 0 Å². The summed E-state index contributed by atoms with van der Waals surface area (Å²) in [5, 5.41) is 3.49. The van der Waals surface area contributed by atoms with Crippen LogP contribution >= 0.6 is 0 Å². The first-order chi connectivity index (χ1) is 7.40. The van der Waals surface area contributed by atoms with Crippen molar-refractivity contribution >= 4 is 0 Å². The molecule has 1 aromatic rings. The van der Waals surface area contributed by atoms with Crippen LogP contribution in [0.25, 0.3) is 0 Å². The van der Waals surface area contributed by atoms with Crippen LogP contribution in [0.3, 0.4) is 0 Å². The number of nitrogens with one attached hydrogen (secondary N) is 1. The number of imidazole rings is 1. The smallest absolute Gasteiger partial charge is 0.122 e. The van der Waals surface area contributed by atoms with E-state index in [4.69, 9.17) is 4.74 Å². The van der Waals surface area contributed by atoms with Gasteiger partial charge in [0, 0.05) is 31.6 Å². The lowest BCUT2D eigenvalue weighted by molar-refractivity contribution is 0.0696. The minimum absolute atomic E-state index is 0.501. The van der Waals surface area contributed by atoms with Gasteiger partial charge in [0.05, 0.1) is 13.2 Å². The van der Waals surface area contributed by atoms with Crippen LogP contribution in [0.15, 0.2) is 12.4 Å². The molecule has 0 aromatic carbocycles. The summed E-state index contributed by atoms with van der Waals surface area (Å²) in [5.74, 6) is 1.11. The summed E-state index contributed by atoms with van der Waals surface area (Å²) in [6.07, 6.45) is 6.26. The second-order valence-electron chi connectivity index (χ2n) is 3.92. The normalized spacial score (nSPS) is 21.8. The van der Waals surface area contributed by atoms with Crippen LogP contribution in [-0.4, -0.2) is 28.8 Å². The zero-order valence-corrected chi connectivity index (χ0v) is 9.28. The Labute approximate surface area is 90.6 Å². The summed E-state index contributed by atoms with van der Waals surface area (Å²) >= 11 is 0. The second kappa shape index (κ2) is 5.28. The van der Waals surface area contributed by atoms with E-state index in [2.05, 4.69) is 21.8 Å². The van der Waals surface area contributed by atoms with Crippen molar-refractivity contribution < 1.29 is 4.74 Å². The van der Waals surface area contributed by atoms with Crippen LogP contribution in [0.1, 0.15) is 25.6 Å². The highest BCUT2D eigenvalue weighted by atomic mass is 16.5. The number of rotatable bonds is 4. The van der Waals surface area contributed by atoms with E-state index >= 15 is 0 Å². The first kappa shape index (κ1) is 10.6. The van der Waals surface area contributed by atoms with Crippen LogP contribution < -0.4 is 5.32 Å². The fourth-order valence-electron chi connectivity index (χ4n) is 1.93. The highest BCUT2D eigenvalue weighted by molar-refractivity contribution is 4.92. The van der Waals surface area contributed by atoms with E-state index in [1.807, 2.05) is 12.4 Å². The molecule has 2 rings (SSSR count). The van der Waals surface area contributed by atoms with E-state index in [1.54, 1.807) is 0 Å². The highest BCUT2D eigenvalue weighted by Crippen LogP contribution is 2.06. The largest absolute Gasteiger partial charge is 0.380 e. The fourth-order valence-corrected chi connectivity index (χ4v) is 1.93. The molecule has 0 bridgehead atoms. The Kier molecular flexibility index (Phi) is 3.75. The van der Waals surface area contributed by atoms with Gasteiger partial charge < -0.3 is 14.6 Å². The summed E-state index contributed by atoms with van der Waals surface area (Å²) in [4.78, 5) is 4.33. The molecule has 4 nitrogen and oxygen atoms in total. The van der Waals surface area contributed by atoms with Gasteiger partial charge in [-0.2, -0.15) is 0 Å². The quantitative estimate of drug-likeness (QED) is 0.809. The maximum Gasteiger partial charge on any atom is 0.122 e. The zero-order chi connectivity index (χ0) is 10.5. The molecule has 0 radical (unpaired) electrons. The average Bonchev–Trinajstić information content (AvgIpc) is 2.75. The van der Waals surface area contributed by atoms with E-state index in [9.17, 15) is 0 Å². The maximum atomic E-state index is 5.42. The number of hydrogen-bond acceptors (Lipinski definition) is 3. The first-order valence-corrected chi connectivity index (χ1v) is 5.71. The van der Waals surface area contributed by atoms with Gasteiger partial charge in [-0.15, -0.1) is 0 Å². The third-order valence-corrected chi connectivity index (χ3v) is 2.85. The van der Waals surface area contributed by atoms with Crippen molar-refractivity contribution in [1.82, 2.24) is 14.9 Å². The Bertz CT molecular complexity index is 292. The summed E-state index contributed by atoms with van der Waals surface area (Å²) in [7, 11) is 0. The number of aromatic nitrogens is 2. The third-order valence-electron chi connectivity index (χ3n) is 2.85. The zero-order valence-electron chi connectivity index (χ0n) is 9.28. The molecule has 4 heteroatoms. The Morgan fingerprint density at radius 1 is 1.67 bits per heavy atom. The lowest BCUT2D eigenvalue weighted by atomic mass is 10.1. The van der Waals surface area contributed by atoms with E-state index in [1.165, 1.54) is 12.8 Å². The Balaban J connectivity index is 1.81.